The second kappa shape index (κ2) is 29.4. The van der Waals surface area contributed by atoms with E-state index in [1.54, 1.807) is 0 Å². The maximum absolute atomic E-state index is 2.38. The van der Waals surface area contributed by atoms with Crippen molar-refractivity contribution in [2.24, 2.45) is 0 Å². The van der Waals surface area contributed by atoms with Crippen LogP contribution in [-0.4, -0.2) is 0 Å². The van der Waals surface area contributed by atoms with E-state index >= 15 is 0 Å². The van der Waals surface area contributed by atoms with E-state index < -0.39 is 0 Å². The van der Waals surface area contributed by atoms with E-state index in [0.717, 1.165) is 0 Å². The summed E-state index contributed by atoms with van der Waals surface area (Å²) in [4.78, 5) is 0. The summed E-state index contributed by atoms with van der Waals surface area (Å²) in [6, 6.07) is 120. The molecule has 21 rings (SSSR count). The largest absolute Gasteiger partial charge is 0.0622 e. The second-order valence-corrected chi connectivity index (χ2v) is 36.0. The molecule has 0 radical (unpaired) electrons. The molecule has 0 heteroatoms. The fourth-order valence-corrected chi connectivity index (χ4v) is 19.9. The quantitative estimate of drug-likeness (QED) is 0.165. The van der Waals surface area contributed by atoms with Gasteiger partial charge in [0.2, 0.25) is 0 Å². The van der Waals surface area contributed by atoms with Crippen molar-refractivity contribution >= 4 is 0 Å². The lowest BCUT2D eigenvalue weighted by molar-refractivity contribution is 0.655. The summed E-state index contributed by atoms with van der Waals surface area (Å²) >= 11 is 0. The number of hydrogen-bond acceptors (Lipinski definition) is 0. The molecule has 0 nitrogen and oxygen atoms in total. The molecule has 0 aliphatic heterocycles. The molecule has 0 heterocycles. The van der Waals surface area contributed by atoms with E-state index in [0.29, 0.717) is 0 Å². The molecule has 6 aliphatic carbocycles. The first-order chi connectivity index (χ1) is 54.6. The van der Waals surface area contributed by atoms with Gasteiger partial charge in [-0.15, -0.1) is 0 Å². The van der Waals surface area contributed by atoms with Crippen LogP contribution in [0.25, 0.3) is 100 Å². The van der Waals surface area contributed by atoms with Gasteiger partial charge in [-0.2, -0.15) is 0 Å². The standard InChI is InChI=1S/3C22H20.3C16H16/c1-15-7-6-8-16(13-15)17-11-12-19-18-9-4-5-10-20(18)22(2,3)21(19)14-17;1-15-8-10-16(11-9-15)17-12-13-19-18-6-4-5-7-20(18)22(2,3)21(19)14-17;1-15-9-11-18-19-12-10-17(16-7-5-4-6-8-16)14-21(19)22(2,3)20(18)13-15;1-11-7-6-9-13-12-8-4-5-10-14(12)16(2,3)15(11)13;1-11-7-6-10-14-15(11)12-8-4-5-9-13(12)16(14,2)3;1-11-8-9-15-13(10-11)12-6-4-5-7-14(12)16(15,2)3/h3*4-14H,1-3H3;3*4-10H,1-3H3. The number of aryl methyl sites for hydroxylation is 6. The Hall–Kier alpha value is -11.7. The highest BCUT2D eigenvalue weighted by Gasteiger charge is 2.41. The Kier molecular flexibility index (Phi) is 19.7. The SMILES string of the molecule is Cc1ccc(-c2ccc3c(c2)C(C)(C)c2ccccc2-3)cc1.Cc1ccc2c(c1)-c1ccccc1C2(C)C.Cc1ccc2c(c1)C(C)(C)c1cc(-c3ccccc3)ccc1-2.Cc1cccc(-c2ccc3c(c2)C(C)(C)c2ccccc2-3)c1.Cc1cccc2c1-c1ccccc1C2(C)C.Cc1cccc2c1C(C)(C)c1ccccc1-2. The average molecular weight is 1480 g/mol. The number of benzene rings is 15. The minimum absolute atomic E-state index is 0.0709. The second-order valence-electron chi connectivity index (χ2n) is 36.0. The van der Waals surface area contributed by atoms with Gasteiger partial charge in [-0.3, -0.25) is 0 Å². The molecule has 0 N–H and O–H groups in total. The van der Waals surface area contributed by atoms with Crippen molar-refractivity contribution in [3.8, 4) is 100 Å². The highest BCUT2D eigenvalue weighted by molar-refractivity contribution is 5.89. The summed E-state index contributed by atoms with van der Waals surface area (Å²) in [6.07, 6.45) is 0. The monoisotopic (exact) mass is 1480 g/mol. The smallest absolute Gasteiger partial charge is 0.0161 e. The van der Waals surface area contributed by atoms with Crippen LogP contribution < -0.4 is 0 Å². The van der Waals surface area contributed by atoms with Crippen molar-refractivity contribution < 1.29 is 0 Å². The molecule has 0 saturated carbocycles. The first-order valence-electron chi connectivity index (χ1n) is 41.1. The van der Waals surface area contributed by atoms with Gasteiger partial charge < -0.3 is 0 Å². The maximum atomic E-state index is 2.38. The third-order valence-corrected chi connectivity index (χ3v) is 26.2. The summed E-state index contributed by atoms with van der Waals surface area (Å²) in [6.45, 7) is 40.9. The Morgan fingerprint density at radius 2 is 0.439 bits per heavy atom. The third kappa shape index (κ3) is 13.3. The van der Waals surface area contributed by atoms with Gasteiger partial charge >= 0.3 is 0 Å². The Labute approximate surface area is 680 Å². The molecule has 15 aromatic rings. The fraction of sp³-hybridized carbons (Fsp3) is 0.211. The summed E-state index contributed by atoms with van der Waals surface area (Å²) in [7, 11) is 0. The number of fused-ring (bicyclic) bond motifs is 18. The first kappa shape index (κ1) is 76.3. The van der Waals surface area contributed by atoms with Crippen LogP contribution in [0.3, 0.4) is 0 Å². The van der Waals surface area contributed by atoms with Gasteiger partial charge in [0.15, 0.2) is 0 Å². The zero-order valence-corrected chi connectivity index (χ0v) is 70.2. The van der Waals surface area contributed by atoms with Crippen LogP contribution in [0, 0.1) is 41.5 Å². The van der Waals surface area contributed by atoms with Crippen molar-refractivity contribution in [1.29, 1.82) is 0 Å². The van der Waals surface area contributed by atoms with Gasteiger partial charge in [0, 0.05) is 32.5 Å². The van der Waals surface area contributed by atoms with Gasteiger partial charge in [0.05, 0.1) is 0 Å². The molecule has 6 aliphatic rings. The Morgan fingerprint density at radius 3 is 0.965 bits per heavy atom. The van der Waals surface area contributed by atoms with Gasteiger partial charge in [0.25, 0.3) is 0 Å². The molecular weight excluding hydrogens is 1370 g/mol. The molecule has 15 aromatic carbocycles. The molecule has 114 heavy (non-hydrogen) atoms. The molecule has 0 saturated heterocycles. The zero-order chi connectivity index (χ0) is 80.0. The Morgan fingerprint density at radius 1 is 0.149 bits per heavy atom. The molecule has 0 unspecified atom stereocenters. The molecular formula is C114H108. The normalized spacial score (nSPS) is 15.0. The molecule has 0 spiro atoms. The zero-order valence-electron chi connectivity index (χ0n) is 70.2. The van der Waals surface area contributed by atoms with Crippen LogP contribution in [0.2, 0.25) is 0 Å². The van der Waals surface area contributed by atoms with Crippen molar-refractivity contribution in [2.45, 2.75) is 157 Å². The maximum Gasteiger partial charge on any atom is 0.0161 e. The van der Waals surface area contributed by atoms with E-state index in [1.165, 1.54) is 200 Å². The molecule has 564 valence electrons. The van der Waals surface area contributed by atoms with E-state index in [1.807, 2.05) is 0 Å². The first-order valence-corrected chi connectivity index (χ1v) is 41.1. The van der Waals surface area contributed by atoms with Gasteiger partial charge in [-0.25, -0.2) is 0 Å². The number of hydrogen-bond donors (Lipinski definition) is 0. The van der Waals surface area contributed by atoms with Crippen molar-refractivity contribution in [2.75, 3.05) is 0 Å². The van der Waals surface area contributed by atoms with Crippen molar-refractivity contribution in [3.63, 3.8) is 0 Å². The fourth-order valence-electron chi connectivity index (χ4n) is 19.9. The molecule has 0 bridgehead atoms. The van der Waals surface area contributed by atoms with Gasteiger partial charge in [-0.1, -0.05) is 415 Å². The molecule has 0 atom stereocenters. The Balaban J connectivity index is 0.000000104. The highest BCUT2D eigenvalue weighted by Crippen LogP contribution is 2.56. The summed E-state index contributed by atoms with van der Waals surface area (Å²) in [5, 5.41) is 0. The van der Waals surface area contributed by atoms with Gasteiger partial charge in [-0.05, 0) is 238 Å². The van der Waals surface area contributed by atoms with E-state index in [9.17, 15) is 0 Å². The number of rotatable bonds is 3. The van der Waals surface area contributed by atoms with Crippen LogP contribution in [0.1, 0.15) is 183 Å². The van der Waals surface area contributed by atoms with Crippen LogP contribution in [0.5, 0.6) is 0 Å². The predicted octanol–water partition coefficient (Wildman–Crippen LogP) is 30.8. The minimum Gasteiger partial charge on any atom is -0.0622 e. The summed E-state index contributed by atoms with van der Waals surface area (Å²) in [5.74, 6) is 0. The average Bonchev–Trinajstić information content (AvgIpc) is 1.60. The minimum atomic E-state index is 0.0709. The van der Waals surface area contributed by atoms with E-state index in [4.69, 9.17) is 0 Å². The topological polar surface area (TPSA) is 0 Å². The predicted molar refractivity (Wildman–Crippen MR) is 489 cm³/mol. The highest BCUT2D eigenvalue weighted by atomic mass is 14.4. The Bertz CT molecular complexity index is 6200. The van der Waals surface area contributed by atoms with Crippen molar-refractivity contribution in [3.05, 3.63) is 428 Å². The third-order valence-electron chi connectivity index (χ3n) is 26.2. The molecule has 0 amide bonds. The summed E-state index contributed by atoms with van der Waals surface area (Å²) in [5.41, 5.74) is 50.8. The lowest BCUT2D eigenvalue weighted by Crippen LogP contribution is -2.16. The van der Waals surface area contributed by atoms with Crippen LogP contribution in [-0.2, 0) is 32.5 Å². The molecule has 0 aromatic heterocycles. The molecule has 0 fully saturated rings. The van der Waals surface area contributed by atoms with Crippen LogP contribution in [0.15, 0.2) is 328 Å². The van der Waals surface area contributed by atoms with Crippen LogP contribution >= 0.6 is 0 Å². The lowest BCUT2D eigenvalue weighted by atomic mass is 9.80. The van der Waals surface area contributed by atoms with Crippen molar-refractivity contribution in [1.82, 2.24) is 0 Å². The summed E-state index contributed by atoms with van der Waals surface area (Å²) < 4.78 is 0. The van der Waals surface area contributed by atoms with Gasteiger partial charge in [0.1, 0.15) is 0 Å². The lowest BCUT2D eigenvalue weighted by Gasteiger charge is -2.23. The van der Waals surface area contributed by atoms with E-state index in [-0.39, 0.29) is 32.5 Å². The van der Waals surface area contributed by atoms with E-state index in [2.05, 4.69) is 452 Å². The van der Waals surface area contributed by atoms with Crippen LogP contribution in [0.4, 0.5) is 0 Å².